The van der Waals surface area contributed by atoms with Crippen molar-refractivity contribution in [3.8, 4) is 11.6 Å². The van der Waals surface area contributed by atoms with E-state index < -0.39 is 23.7 Å². The fourth-order valence-corrected chi connectivity index (χ4v) is 3.96. The van der Waals surface area contributed by atoms with E-state index in [9.17, 15) is 19.1 Å². The summed E-state index contributed by atoms with van der Waals surface area (Å²) in [5.74, 6) is -1.74. The van der Waals surface area contributed by atoms with Crippen molar-refractivity contribution < 1.29 is 28.6 Å². The van der Waals surface area contributed by atoms with Gasteiger partial charge in [-0.05, 0) is 48.4 Å². The summed E-state index contributed by atoms with van der Waals surface area (Å²) in [6.07, 6.45) is 0.586. The van der Waals surface area contributed by atoms with Crippen molar-refractivity contribution in [1.29, 1.82) is 0 Å². The molecular formula is C26H25ClFN3O5. The highest BCUT2D eigenvalue weighted by Gasteiger charge is 2.25. The zero-order valence-electron chi connectivity index (χ0n) is 19.5. The molecule has 1 aromatic heterocycles. The van der Waals surface area contributed by atoms with E-state index in [2.05, 4.69) is 15.6 Å². The van der Waals surface area contributed by atoms with Crippen molar-refractivity contribution >= 4 is 29.2 Å². The van der Waals surface area contributed by atoms with Gasteiger partial charge in [0, 0.05) is 25.1 Å². The number of benzene rings is 2. The summed E-state index contributed by atoms with van der Waals surface area (Å²) in [5.41, 5.74) is 2.52. The topological polar surface area (TPSA) is 110 Å². The van der Waals surface area contributed by atoms with Crippen molar-refractivity contribution in [2.45, 2.75) is 25.8 Å². The van der Waals surface area contributed by atoms with Gasteiger partial charge in [-0.1, -0.05) is 29.8 Å². The first kappa shape index (κ1) is 25.2. The maximum atomic E-state index is 14.2. The Bertz CT molecular complexity index is 1270. The lowest BCUT2D eigenvalue weighted by Crippen LogP contribution is -2.42. The van der Waals surface area contributed by atoms with Crippen LogP contribution < -0.4 is 20.1 Å². The van der Waals surface area contributed by atoms with Crippen LogP contribution in [0.25, 0.3) is 0 Å². The molecule has 0 bridgehead atoms. The number of halogens is 2. The third-order valence-electron chi connectivity index (χ3n) is 5.68. The Balaban J connectivity index is 1.33. The molecule has 188 valence electrons. The van der Waals surface area contributed by atoms with E-state index in [1.165, 1.54) is 6.07 Å². The number of aromatic nitrogens is 1. The first-order valence-corrected chi connectivity index (χ1v) is 11.8. The number of hydrogen-bond acceptors (Lipinski definition) is 6. The van der Waals surface area contributed by atoms with Crippen LogP contribution in [0.15, 0.2) is 48.5 Å². The summed E-state index contributed by atoms with van der Waals surface area (Å²) in [6, 6.07) is 12.0. The van der Waals surface area contributed by atoms with Crippen molar-refractivity contribution in [3.05, 3.63) is 81.8 Å². The van der Waals surface area contributed by atoms with Crippen LogP contribution in [0.1, 0.15) is 27.2 Å². The molecule has 0 saturated carbocycles. The quantitative estimate of drug-likeness (QED) is 0.396. The van der Waals surface area contributed by atoms with Gasteiger partial charge >= 0.3 is 5.97 Å². The monoisotopic (exact) mass is 513 g/mol. The van der Waals surface area contributed by atoms with Crippen molar-refractivity contribution in [2.24, 2.45) is 0 Å². The van der Waals surface area contributed by atoms with E-state index in [4.69, 9.17) is 21.1 Å². The molecule has 3 aromatic rings. The number of fused-ring (bicyclic) bond motifs is 1. The number of amides is 1. The average molecular weight is 514 g/mol. The summed E-state index contributed by atoms with van der Waals surface area (Å²) in [6.45, 7) is 3.36. The van der Waals surface area contributed by atoms with E-state index in [0.29, 0.717) is 42.4 Å². The number of nitrogens with zero attached hydrogens (tertiary/aromatic N) is 1. The van der Waals surface area contributed by atoms with Gasteiger partial charge in [0.2, 0.25) is 5.88 Å². The van der Waals surface area contributed by atoms with Crippen LogP contribution in [-0.2, 0) is 17.6 Å². The predicted octanol–water partition coefficient (Wildman–Crippen LogP) is 4.03. The third-order valence-corrected chi connectivity index (χ3v) is 6.17. The Morgan fingerprint density at radius 2 is 2.00 bits per heavy atom. The fourth-order valence-electron chi connectivity index (χ4n) is 3.72. The molecule has 0 fully saturated rings. The van der Waals surface area contributed by atoms with Gasteiger partial charge in [0.15, 0.2) is 0 Å². The van der Waals surface area contributed by atoms with Crippen molar-refractivity contribution in [1.82, 2.24) is 10.3 Å². The molecular weight excluding hydrogens is 489 g/mol. The number of carbonyl (C=O) groups is 2. The van der Waals surface area contributed by atoms with Crippen LogP contribution in [0, 0.1) is 12.7 Å². The summed E-state index contributed by atoms with van der Waals surface area (Å²) < 4.78 is 25.5. The van der Waals surface area contributed by atoms with Crippen LogP contribution in [0.4, 0.5) is 10.1 Å². The molecule has 3 N–H and O–H groups in total. The van der Waals surface area contributed by atoms with Gasteiger partial charge in [0.25, 0.3) is 5.91 Å². The number of anilines is 1. The van der Waals surface area contributed by atoms with Gasteiger partial charge in [-0.15, -0.1) is 0 Å². The average Bonchev–Trinajstić information content (AvgIpc) is 2.87. The number of carboxylic acid groups (broad SMARTS) is 1. The molecule has 0 radical (unpaired) electrons. The summed E-state index contributed by atoms with van der Waals surface area (Å²) >= 11 is 6.07. The zero-order valence-corrected chi connectivity index (χ0v) is 20.3. The second-order valence-corrected chi connectivity index (χ2v) is 8.67. The van der Waals surface area contributed by atoms with Gasteiger partial charge in [-0.3, -0.25) is 4.79 Å². The van der Waals surface area contributed by atoms with Crippen LogP contribution in [-0.4, -0.2) is 47.8 Å². The largest absolute Gasteiger partial charge is 0.493 e. The van der Waals surface area contributed by atoms with Gasteiger partial charge in [-0.25, -0.2) is 14.2 Å². The molecule has 0 aliphatic carbocycles. The Kier molecular flexibility index (Phi) is 7.90. The maximum absolute atomic E-state index is 14.2. The van der Waals surface area contributed by atoms with E-state index in [1.807, 2.05) is 12.1 Å². The second kappa shape index (κ2) is 11.3. The maximum Gasteiger partial charge on any atom is 0.326 e. The lowest BCUT2D eigenvalue weighted by molar-refractivity contribution is -0.139. The van der Waals surface area contributed by atoms with Crippen molar-refractivity contribution in [2.75, 3.05) is 25.1 Å². The summed E-state index contributed by atoms with van der Waals surface area (Å²) in [5, 5.41) is 15.1. The molecule has 0 saturated heterocycles. The molecule has 8 nitrogen and oxygen atoms in total. The zero-order chi connectivity index (χ0) is 25.7. The Morgan fingerprint density at radius 1 is 1.22 bits per heavy atom. The minimum Gasteiger partial charge on any atom is -0.493 e. The number of ether oxygens (including phenoxy) is 2. The Labute approximate surface area is 212 Å². The van der Waals surface area contributed by atoms with Crippen LogP contribution >= 0.6 is 11.6 Å². The minimum atomic E-state index is -1.27. The molecule has 4 rings (SSSR count). The van der Waals surface area contributed by atoms with Gasteiger partial charge in [0.05, 0.1) is 22.9 Å². The molecule has 1 amide bonds. The first-order chi connectivity index (χ1) is 17.3. The third kappa shape index (κ3) is 6.04. The van der Waals surface area contributed by atoms with Crippen molar-refractivity contribution in [3.63, 3.8) is 0 Å². The standard InChI is InChI=1S/C26H25ClFN3O5/c1-15-2-8-19(28)22(23(15)27)24(32)31-21(26(33)34)14-16-3-6-18(7-4-16)35-12-10-17-5-9-20-25(30-17)36-13-11-29-20/h2-9,21,29H,10-14H2,1H3,(H,31,32)(H,33,34)/t21-/m0/s1. The highest BCUT2D eigenvalue weighted by atomic mass is 35.5. The smallest absolute Gasteiger partial charge is 0.326 e. The van der Waals surface area contributed by atoms with E-state index in [-0.39, 0.29) is 17.0 Å². The highest BCUT2D eigenvalue weighted by molar-refractivity contribution is 6.34. The summed E-state index contributed by atoms with van der Waals surface area (Å²) in [7, 11) is 0. The molecule has 0 unspecified atom stereocenters. The lowest BCUT2D eigenvalue weighted by atomic mass is 10.0. The fraction of sp³-hybridized carbons (Fsp3) is 0.269. The molecule has 1 atom stereocenters. The Hall–Kier alpha value is -3.85. The number of hydrogen-bond donors (Lipinski definition) is 3. The molecule has 1 aliphatic rings. The molecule has 2 aromatic carbocycles. The normalized spacial score (nSPS) is 13.1. The highest BCUT2D eigenvalue weighted by Crippen LogP contribution is 2.25. The molecule has 36 heavy (non-hydrogen) atoms. The van der Waals surface area contributed by atoms with E-state index in [0.717, 1.165) is 24.0 Å². The number of carboxylic acids is 1. The molecule has 1 aliphatic heterocycles. The van der Waals surface area contributed by atoms with E-state index >= 15 is 0 Å². The number of carbonyl (C=O) groups excluding carboxylic acids is 1. The molecule has 2 heterocycles. The number of rotatable bonds is 9. The van der Waals surface area contributed by atoms with E-state index in [1.54, 1.807) is 31.2 Å². The number of pyridine rings is 1. The van der Waals surface area contributed by atoms with Gasteiger partial charge in [0.1, 0.15) is 24.2 Å². The number of aliphatic carboxylic acids is 1. The Morgan fingerprint density at radius 3 is 2.75 bits per heavy atom. The molecule has 10 heteroatoms. The predicted molar refractivity (Wildman–Crippen MR) is 133 cm³/mol. The van der Waals surface area contributed by atoms with Crippen LogP contribution in [0.5, 0.6) is 11.6 Å². The van der Waals surface area contributed by atoms with Gasteiger partial charge < -0.3 is 25.2 Å². The number of aryl methyl sites for hydroxylation is 1. The number of nitrogens with one attached hydrogen (secondary N) is 2. The SMILES string of the molecule is Cc1ccc(F)c(C(=O)N[C@@H](Cc2ccc(OCCc3ccc4c(n3)OCCN4)cc2)C(=O)O)c1Cl. The summed E-state index contributed by atoms with van der Waals surface area (Å²) in [4.78, 5) is 28.8. The minimum absolute atomic E-state index is 0.000508. The van der Waals surface area contributed by atoms with Crippen LogP contribution in [0.3, 0.4) is 0 Å². The van der Waals surface area contributed by atoms with Crippen LogP contribution in [0.2, 0.25) is 5.02 Å². The van der Waals surface area contributed by atoms with Gasteiger partial charge in [-0.2, -0.15) is 0 Å². The lowest BCUT2D eigenvalue weighted by Gasteiger charge is -2.18. The first-order valence-electron chi connectivity index (χ1n) is 11.4. The molecule has 0 spiro atoms. The second-order valence-electron chi connectivity index (χ2n) is 8.29.